The Morgan fingerprint density at radius 2 is 1.71 bits per heavy atom. The van der Waals surface area contributed by atoms with Gasteiger partial charge in [0.25, 0.3) is 0 Å². The minimum atomic E-state index is -0.0442. The third-order valence-corrected chi connectivity index (χ3v) is 2.49. The molecule has 0 spiro atoms. The lowest BCUT2D eigenvalue weighted by Crippen LogP contribution is -2.33. The number of hydrazine groups is 1. The normalized spacial score (nSPS) is 10.8. The second-order valence-electron chi connectivity index (χ2n) is 4.53. The summed E-state index contributed by atoms with van der Waals surface area (Å²) in [5, 5.41) is 0. The summed E-state index contributed by atoms with van der Waals surface area (Å²) >= 11 is 0. The molecule has 1 aromatic rings. The lowest BCUT2D eigenvalue weighted by Gasteiger charge is -2.22. The van der Waals surface area contributed by atoms with Gasteiger partial charge < -0.3 is 19.1 Å². The van der Waals surface area contributed by atoms with Crippen molar-refractivity contribution in [3.8, 4) is 6.01 Å². The molecular formula is C12H24N6O3. The fourth-order valence-corrected chi connectivity index (χ4v) is 1.53. The van der Waals surface area contributed by atoms with Gasteiger partial charge in [-0.2, -0.15) is 15.0 Å². The molecule has 1 heterocycles. The average molecular weight is 300 g/mol. The van der Waals surface area contributed by atoms with Crippen molar-refractivity contribution in [3.05, 3.63) is 0 Å². The van der Waals surface area contributed by atoms with Crippen molar-refractivity contribution in [1.82, 2.24) is 15.0 Å². The molecule has 21 heavy (non-hydrogen) atoms. The van der Waals surface area contributed by atoms with E-state index in [1.807, 2.05) is 18.7 Å². The first-order chi connectivity index (χ1) is 10.1. The highest BCUT2D eigenvalue weighted by molar-refractivity contribution is 5.37. The van der Waals surface area contributed by atoms with Crippen LogP contribution in [0.25, 0.3) is 0 Å². The van der Waals surface area contributed by atoms with E-state index in [0.29, 0.717) is 32.3 Å². The zero-order chi connectivity index (χ0) is 15.7. The van der Waals surface area contributed by atoms with Crippen LogP contribution in [0.1, 0.15) is 13.8 Å². The zero-order valence-electron chi connectivity index (χ0n) is 13.0. The maximum Gasteiger partial charge on any atom is 0.323 e. The third kappa shape index (κ3) is 6.06. The van der Waals surface area contributed by atoms with Gasteiger partial charge >= 0.3 is 6.01 Å². The molecule has 1 rings (SSSR count). The molecule has 0 aliphatic heterocycles. The van der Waals surface area contributed by atoms with Crippen LogP contribution in [-0.4, -0.2) is 61.6 Å². The Morgan fingerprint density at radius 1 is 1.10 bits per heavy atom. The molecule has 0 amide bonds. The first-order valence-corrected chi connectivity index (χ1v) is 6.72. The van der Waals surface area contributed by atoms with E-state index in [4.69, 9.17) is 20.1 Å². The molecule has 9 heteroatoms. The summed E-state index contributed by atoms with van der Waals surface area (Å²) in [4.78, 5) is 14.5. The highest BCUT2D eigenvalue weighted by Gasteiger charge is 2.14. The number of ether oxygens (including phenoxy) is 3. The van der Waals surface area contributed by atoms with Crippen LogP contribution in [0, 0.1) is 0 Å². The van der Waals surface area contributed by atoms with Crippen molar-refractivity contribution < 1.29 is 14.2 Å². The third-order valence-electron chi connectivity index (χ3n) is 2.49. The van der Waals surface area contributed by atoms with Crippen LogP contribution in [-0.2, 0) is 9.47 Å². The van der Waals surface area contributed by atoms with E-state index in [0.717, 1.165) is 0 Å². The van der Waals surface area contributed by atoms with Crippen molar-refractivity contribution in [1.29, 1.82) is 0 Å². The van der Waals surface area contributed by atoms with Crippen molar-refractivity contribution in [2.45, 2.75) is 20.0 Å². The van der Waals surface area contributed by atoms with Gasteiger partial charge in [0.15, 0.2) is 0 Å². The Kier molecular flexibility index (Phi) is 7.65. The molecule has 0 saturated heterocycles. The topological polar surface area (TPSA) is 108 Å². The number of aromatic nitrogens is 3. The molecule has 9 nitrogen and oxygen atoms in total. The van der Waals surface area contributed by atoms with E-state index in [1.165, 1.54) is 0 Å². The summed E-state index contributed by atoms with van der Waals surface area (Å²) in [6.45, 7) is 6.12. The number of nitrogens with zero attached hydrogens (tertiary/aromatic N) is 4. The number of nitrogen functional groups attached to an aromatic ring is 1. The summed E-state index contributed by atoms with van der Waals surface area (Å²) in [7, 11) is 3.28. The van der Waals surface area contributed by atoms with Crippen LogP contribution in [0.2, 0.25) is 0 Å². The van der Waals surface area contributed by atoms with E-state index in [2.05, 4.69) is 20.4 Å². The molecule has 0 radical (unpaired) electrons. The summed E-state index contributed by atoms with van der Waals surface area (Å²) < 4.78 is 15.7. The maximum absolute atomic E-state index is 5.51. The van der Waals surface area contributed by atoms with Crippen LogP contribution >= 0.6 is 0 Å². The van der Waals surface area contributed by atoms with E-state index >= 15 is 0 Å². The van der Waals surface area contributed by atoms with Gasteiger partial charge in [-0.3, -0.25) is 5.43 Å². The predicted molar refractivity (Wildman–Crippen MR) is 79.4 cm³/mol. The van der Waals surface area contributed by atoms with Crippen LogP contribution in [0.15, 0.2) is 0 Å². The molecule has 0 fully saturated rings. The first-order valence-electron chi connectivity index (χ1n) is 6.72. The zero-order valence-corrected chi connectivity index (χ0v) is 13.0. The van der Waals surface area contributed by atoms with Gasteiger partial charge in [-0.25, -0.2) is 5.84 Å². The van der Waals surface area contributed by atoms with Crippen LogP contribution < -0.4 is 20.9 Å². The SMILES string of the molecule is COCCN(CCOC)c1nc(NN)nc(OC(C)C)n1. The van der Waals surface area contributed by atoms with Crippen LogP contribution in [0.4, 0.5) is 11.9 Å². The number of anilines is 2. The fraction of sp³-hybridized carbons (Fsp3) is 0.750. The summed E-state index contributed by atoms with van der Waals surface area (Å²) in [6, 6.07) is 0.225. The molecule has 0 saturated carbocycles. The minimum Gasteiger partial charge on any atom is -0.461 e. The van der Waals surface area contributed by atoms with Crippen LogP contribution in [0.5, 0.6) is 6.01 Å². The molecule has 0 aromatic carbocycles. The quantitative estimate of drug-likeness (QED) is 0.457. The Balaban J connectivity index is 2.97. The van der Waals surface area contributed by atoms with Gasteiger partial charge in [-0.05, 0) is 13.8 Å². The van der Waals surface area contributed by atoms with Gasteiger partial charge in [-0.1, -0.05) is 0 Å². The van der Waals surface area contributed by atoms with Gasteiger partial charge in [0.05, 0.1) is 19.3 Å². The van der Waals surface area contributed by atoms with E-state index in [9.17, 15) is 0 Å². The molecule has 3 N–H and O–H groups in total. The molecule has 120 valence electrons. The second-order valence-corrected chi connectivity index (χ2v) is 4.53. The van der Waals surface area contributed by atoms with Gasteiger partial charge in [0.2, 0.25) is 11.9 Å². The number of nitrogens with two attached hydrogens (primary N) is 1. The molecule has 1 aromatic heterocycles. The van der Waals surface area contributed by atoms with Gasteiger partial charge in [0, 0.05) is 27.3 Å². The Hall–Kier alpha value is -1.71. The Morgan fingerprint density at radius 3 is 2.19 bits per heavy atom. The maximum atomic E-state index is 5.51. The molecule has 0 aliphatic carbocycles. The standard InChI is InChI=1S/C12H24N6O3/c1-9(2)21-12-15-10(17-13)14-11(16-12)18(5-7-19-3)6-8-20-4/h9H,5-8,13H2,1-4H3,(H,14,15,16,17). The molecule has 0 aliphatic rings. The summed E-state index contributed by atoms with van der Waals surface area (Å²) in [5.74, 6) is 6.10. The highest BCUT2D eigenvalue weighted by atomic mass is 16.5. The monoisotopic (exact) mass is 300 g/mol. The highest BCUT2D eigenvalue weighted by Crippen LogP contribution is 2.15. The second kappa shape index (κ2) is 9.27. The summed E-state index contributed by atoms with van der Waals surface area (Å²) in [5.41, 5.74) is 2.42. The van der Waals surface area contributed by atoms with Crippen molar-refractivity contribution in [2.24, 2.45) is 5.84 Å². The molecule has 0 atom stereocenters. The lowest BCUT2D eigenvalue weighted by atomic mass is 10.5. The number of rotatable bonds is 10. The van der Waals surface area contributed by atoms with E-state index < -0.39 is 0 Å². The van der Waals surface area contributed by atoms with Gasteiger partial charge in [0.1, 0.15) is 0 Å². The largest absolute Gasteiger partial charge is 0.461 e. The van der Waals surface area contributed by atoms with Crippen molar-refractivity contribution >= 4 is 11.9 Å². The van der Waals surface area contributed by atoms with Crippen molar-refractivity contribution in [3.63, 3.8) is 0 Å². The molecule has 0 bridgehead atoms. The number of methoxy groups -OCH3 is 2. The van der Waals surface area contributed by atoms with Crippen LogP contribution in [0.3, 0.4) is 0 Å². The van der Waals surface area contributed by atoms with Crippen molar-refractivity contribution in [2.75, 3.05) is 50.8 Å². The number of hydrogen-bond donors (Lipinski definition) is 2. The number of nitrogens with one attached hydrogen (secondary N) is 1. The predicted octanol–water partition coefficient (Wildman–Crippen LogP) is 0.0436. The fourth-order valence-electron chi connectivity index (χ4n) is 1.53. The molecular weight excluding hydrogens is 276 g/mol. The Bertz CT molecular complexity index is 410. The average Bonchev–Trinajstić information content (AvgIpc) is 2.46. The first kappa shape index (κ1) is 17.3. The molecule has 0 unspecified atom stereocenters. The van der Waals surface area contributed by atoms with E-state index in [-0.39, 0.29) is 18.1 Å². The van der Waals surface area contributed by atoms with E-state index in [1.54, 1.807) is 14.2 Å². The summed E-state index contributed by atoms with van der Waals surface area (Å²) in [6.07, 6.45) is -0.0442. The minimum absolute atomic E-state index is 0.0442. The Labute approximate surface area is 124 Å². The lowest BCUT2D eigenvalue weighted by molar-refractivity contribution is 0.189. The van der Waals surface area contributed by atoms with Gasteiger partial charge in [-0.15, -0.1) is 0 Å². The smallest absolute Gasteiger partial charge is 0.323 e. The number of hydrogen-bond acceptors (Lipinski definition) is 9.